The van der Waals surface area contributed by atoms with E-state index >= 15 is 0 Å². The Morgan fingerprint density at radius 2 is 2.07 bits per heavy atom. The molecule has 0 unspecified atom stereocenters. The summed E-state index contributed by atoms with van der Waals surface area (Å²) in [5, 5.41) is 3.32. The molecule has 1 heterocycles. The van der Waals surface area contributed by atoms with E-state index in [0.29, 0.717) is 6.42 Å². The number of pyridine rings is 1. The van der Waals surface area contributed by atoms with Gasteiger partial charge in [0.1, 0.15) is 6.29 Å². The van der Waals surface area contributed by atoms with Gasteiger partial charge in [-0.25, -0.2) is 0 Å². The average Bonchev–Trinajstić information content (AvgIpc) is 2.25. The summed E-state index contributed by atoms with van der Waals surface area (Å²) in [7, 11) is 0. The number of aldehydes is 1. The number of carbonyl (C=O) groups excluding carboxylic acids is 1. The highest BCUT2D eigenvalue weighted by Crippen LogP contribution is 1.95. The Labute approximate surface area is 84.6 Å². The van der Waals surface area contributed by atoms with Gasteiger partial charge in [0, 0.05) is 25.4 Å². The van der Waals surface area contributed by atoms with Crippen molar-refractivity contribution in [3.63, 3.8) is 0 Å². The second-order valence-electron chi connectivity index (χ2n) is 3.19. The minimum Gasteiger partial charge on any atom is -0.313 e. The molecule has 0 aliphatic carbocycles. The lowest BCUT2D eigenvalue weighted by atomic mass is 10.2. The summed E-state index contributed by atoms with van der Waals surface area (Å²) in [6.45, 7) is 1.85. The number of hydrogen-bond acceptors (Lipinski definition) is 3. The molecule has 0 spiro atoms. The monoisotopic (exact) mass is 192 g/mol. The third-order valence-electron chi connectivity index (χ3n) is 2.00. The van der Waals surface area contributed by atoms with E-state index in [1.165, 1.54) is 5.56 Å². The summed E-state index contributed by atoms with van der Waals surface area (Å²) < 4.78 is 0. The minimum atomic E-state index is 0.678. The van der Waals surface area contributed by atoms with Crippen LogP contribution in [0, 0.1) is 0 Å². The van der Waals surface area contributed by atoms with Gasteiger partial charge in [0.2, 0.25) is 0 Å². The number of rotatable bonds is 7. The third-order valence-corrected chi connectivity index (χ3v) is 2.00. The molecule has 76 valence electrons. The molecule has 3 heteroatoms. The van der Waals surface area contributed by atoms with Gasteiger partial charge in [0.15, 0.2) is 0 Å². The molecule has 1 N–H and O–H groups in total. The normalized spacial score (nSPS) is 10.0. The summed E-state index contributed by atoms with van der Waals surface area (Å²) in [6, 6.07) is 4.00. The number of nitrogens with zero attached hydrogens (tertiary/aromatic N) is 1. The standard InChI is InChI=1S/C11H16N2O/c14-9-3-1-2-6-13-10-11-4-7-12-8-5-11/h4-5,7-9,13H,1-3,6,10H2. The summed E-state index contributed by atoms with van der Waals surface area (Å²) in [4.78, 5) is 14.0. The highest BCUT2D eigenvalue weighted by atomic mass is 16.1. The Kier molecular flexibility index (Phi) is 5.59. The van der Waals surface area contributed by atoms with Crippen LogP contribution in [0.2, 0.25) is 0 Å². The first-order valence-electron chi connectivity index (χ1n) is 4.97. The van der Waals surface area contributed by atoms with Crippen molar-refractivity contribution in [1.29, 1.82) is 0 Å². The molecule has 0 fully saturated rings. The fourth-order valence-corrected chi connectivity index (χ4v) is 1.21. The molecule has 3 nitrogen and oxygen atoms in total. The molecule has 0 aliphatic rings. The molecule has 0 aliphatic heterocycles. The van der Waals surface area contributed by atoms with Gasteiger partial charge in [-0.1, -0.05) is 0 Å². The number of hydrogen-bond donors (Lipinski definition) is 1. The first kappa shape index (κ1) is 10.9. The highest BCUT2D eigenvalue weighted by molar-refractivity contribution is 5.48. The fraction of sp³-hybridized carbons (Fsp3) is 0.455. The van der Waals surface area contributed by atoms with Gasteiger partial charge in [-0.3, -0.25) is 4.98 Å². The summed E-state index contributed by atoms with van der Waals surface area (Å²) >= 11 is 0. The van der Waals surface area contributed by atoms with Crippen LogP contribution in [-0.4, -0.2) is 17.8 Å². The first-order valence-corrected chi connectivity index (χ1v) is 4.97. The van der Waals surface area contributed by atoms with E-state index in [-0.39, 0.29) is 0 Å². The van der Waals surface area contributed by atoms with E-state index in [4.69, 9.17) is 0 Å². The Morgan fingerprint density at radius 3 is 2.79 bits per heavy atom. The van der Waals surface area contributed by atoms with Crippen molar-refractivity contribution in [3.05, 3.63) is 30.1 Å². The maximum Gasteiger partial charge on any atom is 0.119 e. The molecular formula is C11H16N2O. The molecule has 1 aromatic rings. The van der Waals surface area contributed by atoms with Gasteiger partial charge in [-0.2, -0.15) is 0 Å². The van der Waals surface area contributed by atoms with Crippen molar-refractivity contribution < 1.29 is 4.79 Å². The zero-order valence-electron chi connectivity index (χ0n) is 8.28. The third kappa shape index (κ3) is 4.72. The van der Waals surface area contributed by atoms with Crippen molar-refractivity contribution in [1.82, 2.24) is 10.3 Å². The fourth-order valence-electron chi connectivity index (χ4n) is 1.21. The van der Waals surface area contributed by atoms with Crippen molar-refractivity contribution in [2.45, 2.75) is 25.8 Å². The smallest absolute Gasteiger partial charge is 0.119 e. The number of nitrogens with one attached hydrogen (secondary N) is 1. The van der Waals surface area contributed by atoms with Gasteiger partial charge >= 0.3 is 0 Å². The molecule has 0 saturated heterocycles. The van der Waals surface area contributed by atoms with Crippen LogP contribution >= 0.6 is 0 Å². The van der Waals surface area contributed by atoms with Crippen molar-refractivity contribution in [2.75, 3.05) is 6.54 Å². The topological polar surface area (TPSA) is 42.0 Å². The minimum absolute atomic E-state index is 0.678. The molecule has 14 heavy (non-hydrogen) atoms. The van der Waals surface area contributed by atoms with Crippen LogP contribution in [0.4, 0.5) is 0 Å². The SMILES string of the molecule is O=CCCCCNCc1ccncc1. The maximum absolute atomic E-state index is 10.0. The van der Waals surface area contributed by atoms with Crippen LogP contribution in [-0.2, 0) is 11.3 Å². The van der Waals surface area contributed by atoms with Crippen LogP contribution < -0.4 is 5.32 Å². The van der Waals surface area contributed by atoms with Crippen molar-refractivity contribution >= 4 is 6.29 Å². The molecular weight excluding hydrogens is 176 g/mol. The first-order chi connectivity index (χ1) is 6.93. The second kappa shape index (κ2) is 7.21. The van der Waals surface area contributed by atoms with E-state index in [1.54, 1.807) is 12.4 Å². The van der Waals surface area contributed by atoms with Gasteiger partial charge in [-0.05, 0) is 37.1 Å². The molecule has 0 atom stereocenters. The van der Waals surface area contributed by atoms with Crippen molar-refractivity contribution in [2.24, 2.45) is 0 Å². The zero-order chi connectivity index (χ0) is 10.1. The largest absolute Gasteiger partial charge is 0.313 e. The molecule has 0 radical (unpaired) electrons. The molecule has 1 rings (SSSR count). The second-order valence-corrected chi connectivity index (χ2v) is 3.19. The van der Waals surface area contributed by atoms with E-state index < -0.39 is 0 Å². The van der Waals surface area contributed by atoms with E-state index in [9.17, 15) is 4.79 Å². The van der Waals surface area contributed by atoms with Gasteiger partial charge in [0.05, 0.1) is 0 Å². The van der Waals surface area contributed by atoms with Crippen LogP contribution in [0.1, 0.15) is 24.8 Å². The molecule has 1 aromatic heterocycles. The lowest BCUT2D eigenvalue weighted by Crippen LogP contribution is -2.14. The Hall–Kier alpha value is -1.22. The predicted octanol–water partition coefficient (Wildman–Crippen LogP) is 1.54. The van der Waals surface area contributed by atoms with Crippen molar-refractivity contribution in [3.8, 4) is 0 Å². The Bertz CT molecular complexity index is 249. The maximum atomic E-state index is 10.0. The predicted molar refractivity (Wildman–Crippen MR) is 55.9 cm³/mol. The zero-order valence-corrected chi connectivity index (χ0v) is 8.28. The lowest BCUT2D eigenvalue weighted by molar-refractivity contribution is -0.107. The quantitative estimate of drug-likeness (QED) is 0.526. The summed E-state index contributed by atoms with van der Waals surface area (Å²) in [5.41, 5.74) is 1.25. The highest BCUT2D eigenvalue weighted by Gasteiger charge is 1.91. The Morgan fingerprint density at radius 1 is 1.29 bits per heavy atom. The lowest BCUT2D eigenvalue weighted by Gasteiger charge is -2.03. The Balaban J connectivity index is 2.02. The van der Waals surface area contributed by atoms with Crippen LogP contribution in [0.5, 0.6) is 0 Å². The molecule has 0 amide bonds. The van der Waals surface area contributed by atoms with Gasteiger partial charge in [-0.15, -0.1) is 0 Å². The molecule has 0 saturated carbocycles. The van der Waals surface area contributed by atoms with Gasteiger partial charge < -0.3 is 10.1 Å². The number of aromatic nitrogens is 1. The number of carbonyl (C=O) groups is 1. The van der Waals surface area contributed by atoms with E-state index in [0.717, 1.165) is 32.2 Å². The molecule has 0 aromatic carbocycles. The van der Waals surface area contributed by atoms with Crippen LogP contribution in [0.25, 0.3) is 0 Å². The van der Waals surface area contributed by atoms with Crippen LogP contribution in [0.3, 0.4) is 0 Å². The number of unbranched alkanes of at least 4 members (excludes halogenated alkanes) is 2. The summed E-state index contributed by atoms with van der Waals surface area (Å²) in [6.07, 6.45) is 7.28. The summed E-state index contributed by atoms with van der Waals surface area (Å²) in [5.74, 6) is 0. The van der Waals surface area contributed by atoms with E-state index in [1.807, 2.05) is 12.1 Å². The van der Waals surface area contributed by atoms with Gasteiger partial charge in [0.25, 0.3) is 0 Å². The van der Waals surface area contributed by atoms with Crippen LogP contribution in [0.15, 0.2) is 24.5 Å². The molecule has 0 bridgehead atoms. The average molecular weight is 192 g/mol. The van der Waals surface area contributed by atoms with E-state index in [2.05, 4.69) is 10.3 Å².